The summed E-state index contributed by atoms with van der Waals surface area (Å²) in [6.45, 7) is 1.02. The zero-order valence-corrected chi connectivity index (χ0v) is 13.2. The van der Waals surface area contributed by atoms with Crippen molar-refractivity contribution in [3.63, 3.8) is 0 Å². The van der Waals surface area contributed by atoms with Gasteiger partial charge in [0, 0.05) is 26.2 Å². The quantitative estimate of drug-likeness (QED) is 0.777. The van der Waals surface area contributed by atoms with Crippen molar-refractivity contribution in [1.82, 2.24) is 10.2 Å². The number of rotatable bonds is 7. The van der Waals surface area contributed by atoms with E-state index in [-0.39, 0.29) is 24.1 Å². The Balaban J connectivity index is 1.45. The minimum absolute atomic E-state index is 0.0455. The molecular weight excluding hydrogens is 296 g/mol. The Labute approximate surface area is 135 Å². The average molecular weight is 318 g/mol. The van der Waals surface area contributed by atoms with Gasteiger partial charge >= 0.3 is 6.03 Å². The first kappa shape index (κ1) is 16.0. The van der Waals surface area contributed by atoms with Crippen LogP contribution in [0.4, 0.5) is 4.79 Å². The number of nitrogens with one attached hydrogen (secondary N) is 1. The molecule has 1 aromatic carbocycles. The molecule has 6 nitrogen and oxygen atoms in total. The molecular formula is C17H22N2O4. The summed E-state index contributed by atoms with van der Waals surface area (Å²) in [5.41, 5.74) is 1.13. The molecule has 6 heteroatoms. The molecule has 1 heterocycles. The average Bonchev–Trinajstić information content (AvgIpc) is 2.80. The Bertz CT molecular complexity index is 557. The molecule has 23 heavy (non-hydrogen) atoms. The van der Waals surface area contributed by atoms with Crippen LogP contribution in [-0.2, 0) is 20.9 Å². The van der Waals surface area contributed by atoms with Crippen LogP contribution in [-0.4, -0.2) is 48.7 Å². The standard InChI is InChI=1S/C17H22N2O4/c1-22-8-7-15-16(20)19(17(21)18-15)13-9-14(10-13)23-11-12-5-3-2-4-6-12/h2-6,13-15H,7-11H2,1H3,(H,18,21). The second-order valence-corrected chi connectivity index (χ2v) is 6.04. The second-order valence-electron chi connectivity index (χ2n) is 6.04. The SMILES string of the molecule is COCCC1NC(=O)N(C2CC(OCc3ccccc3)C2)C1=O. The molecule has 3 rings (SSSR count). The Morgan fingerprint density at radius 2 is 1.96 bits per heavy atom. The first-order valence-electron chi connectivity index (χ1n) is 7.97. The van der Waals surface area contributed by atoms with Crippen LogP contribution in [0.15, 0.2) is 30.3 Å². The summed E-state index contributed by atoms with van der Waals surface area (Å²) in [6.07, 6.45) is 2.04. The molecule has 1 aliphatic carbocycles. The van der Waals surface area contributed by atoms with Crippen molar-refractivity contribution in [1.29, 1.82) is 0 Å². The van der Waals surface area contributed by atoms with Crippen molar-refractivity contribution < 1.29 is 19.1 Å². The van der Waals surface area contributed by atoms with Gasteiger partial charge in [0.05, 0.1) is 12.7 Å². The van der Waals surface area contributed by atoms with Crippen LogP contribution < -0.4 is 5.32 Å². The number of methoxy groups -OCH3 is 1. The maximum atomic E-state index is 12.3. The summed E-state index contributed by atoms with van der Waals surface area (Å²) in [5, 5.41) is 2.73. The van der Waals surface area contributed by atoms with E-state index >= 15 is 0 Å². The van der Waals surface area contributed by atoms with Crippen molar-refractivity contribution >= 4 is 11.9 Å². The van der Waals surface area contributed by atoms with Gasteiger partial charge in [-0.3, -0.25) is 9.69 Å². The predicted octanol–water partition coefficient (Wildman–Crippen LogP) is 1.69. The third-order valence-electron chi connectivity index (χ3n) is 4.43. The number of amides is 3. The molecule has 0 aromatic heterocycles. The van der Waals surface area contributed by atoms with E-state index in [1.807, 2.05) is 30.3 Å². The largest absolute Gasteiger partial charge is 0.385 e. The molecule has 2 aliphatic rings. The predicted molar refractivity (Wildman–Crippen MR) is 83.7 cm³/mol. The Morgan fingerprint density at radius 3 is 2.65 bits per heavy atom. The number of benzene rings is 1. The topological polar surface area (TPSA) is 67.9 Å². The van der Waals surface area contributed by atoms with Gasteiger partial charge in [-0.05, 0) is 18.4 Å². The first-order chi connectivity index (χ1) is 11.2. The van der Waals surface area contributed by atoms with Crippen LogP contribution in [0.3, 0.4) is 0 Å². The highest BCUT2D eigenvalue weighted by Gasteiger charge is 2.46. The molecule has 0 spiro atoms. The van der Waals surface area contributed by atoms with E-state index in [2.05, 4.69) is 5.32 Å². The fourth-order valence-corrected chi connectivity index (χ4v) is 3.00. The number of urea groups is 1. The zero-order valence-electron chi connectivity index (χ0n) is 13.2. The smallest absolute Gasteiger partial charge is 0.325 e. The maximum absolute atomic E-state index is 12.3. The highest BCUT2D eigenvalue weighted by atomic mass is 16.5. The van der Waals surface area contributed by atoms with Gasteiger partial charge in [-0.25, -0.2) is 4.79 Å². The molecule has 1 unspecified atom stereocenters. The lowest BCUT2D eigenvalue weighted by Gasteiger charge is -2.39. The highest BCUT2D eigenvalue weighted by Crippen LogP contribution is 2.31. The fourth-order valence-electron chi connectivity index (χ4n) is 3.00. The molecule has 0 radical (unpaired) electrons. The number of ether oxygens (including phenoxy) is 2. The van der Waals surface area contributed by atoms with Gasteiger partial charge in [-0.1, -0.05) is 30.3 Å². The summed E-state index contributed by atoms with van der Waals surface area (Å²) in [7, 11) is 1.58. The summed E-state index contributed by atoms with van der Waals surface area (Å²) in [6, 6.07) is 9.19. The number of hydrogen-bond donors (Lipinski definition) is 1. The number of carbonyl (C=O) groups excluding carboxylic acids is 2. The lowest BCUT2D eigenvalue weighted by Crippen LogP contribution is -2.51. The summed E-state index contributed by atoms with van der Waals surface area (Å²) >= 11 is 0. The Morgan fingerprint density at radius 1 is 1.22 bits per heavy atom. The first-order valence-corrected chi connectivity index (χ1v) is 7.97. The van der Waals surface area contributed by atoms with Crippen LogP contribution in [0, 0.1) is 0 Å². The third kappa shape index (κ3) is 3.54. The van der Waals surface area contributed by atoms with E-state index in [1.165, 1.54) is 4.90 Å². The van der Waals surface area contributed by atoms with E-state index in [9.17, 15) is 9.59 Å². The van der Waals surface area contributed by atoms with E-state index in [0.717, 1.165) is 5.56 Å². The van der Waals surface area contributed by atoms with Gasteiger partial charge in [0.2, 0.25) is 0 Å². The van der Waals surface area contributed by atoms with Gasteiger partial charge in [0.25, 0.3) is 5.91 Å². The maximum Gasteiger partial charge on any atom is 0.325 e. The number of hydrogen-bond acceptors (Lipinski definition) is 4. The molecule has 124 valence electrons. The van der Waals surface area contributed by atoms with Crippen molar-refractivity contribution in [2.75, 3.05) is 13.7 Å². The van der Waals surface area contributed by atoms with Crippen molar-refractivity contribution in [2.45, 2.75) is 44.1 Å². The van der Waals surface area contributed by atoms with Crippen molar-refractivity contribution in [3.8, 4) is 0 Å². The monoisotopic (exact) mass is 318 g/mol. The van der Waals surface area contributed by atoms with Gasteiger partial charge in [0.1, 0.15) is 6.04 Å². The van der Waals surface area contributed by atoms with Gasteiger partial charge < -0.3 is 14.8 Å². The fraction of sp³-hybridized carbons (Fsp3) is 0.529. The van der Waals surface area contributed by atoms with E-state index < -0.39 is 6.04 Å². The van der Waals surface area contributed by atoms with Crippen LogP contribution in [0.25, 0.3) is 0 Å². The van der Waals surface area contributed by atoms with Crippen LogP contribution >= 0.6 is 0 Å². The molecule has 1 saturated carbocycles. The molecule has 1 N–H and O–H groups in total. The van der Waals surface area contributed by atoms with Crippen molar-refractivity contribution in [3.05, 3.63) is 35.9 Å². The molecule has 0 bridgehead atoms. The number of carbonyl (C=O) groups is 2. The van der Waals surface area contributed by atoms with Crippen LogP contribution in [0.2, 0.25) is 0 Å². The Hall–Kier alpha value is -1.92. The van der Waals surface area contributed by atoms with Gasteiger partial charge in [-0.2, -0.15) is 0 Å². The molecule has 3 amide bonds. The lowest BCUT2D eigenvalue weighted by atomic mass is 9.87. The molecule has 1 aliphatic heterocycles. The van der Waals surface area contributed by atoms with Crippen LogP contribution in [0.1, 0.15) is 24.8 Å². The lowest BCUT2D eigenvalue weighted by molar-refractivity contribution is -0.134. The molecule has 2 fully saturated rings. The third-order valence-corrected chi connectivity index (χ3v) is 4.43. The number of nitrogens with zero attached hydrogens (tertiary/aromatic N) is 1. The van der Waals surface area contributed by atoms with E-state index in [4.69, 9.17) is 9.47 Å². The zero-order chi connectivity index (χ0) is 16.2. The minimum Gasteiger partial charge on any atom is -0.385 e. The van der Waals surface area contributed by atoms with Gasteiger partial charge in [0.15, 0.2) is 0 Å². The summed E-state index contributed by atoms with van der Waals surface area (Å²) < 4.78 is 10.8. The Kier molecular flexibility index (Phi) is 4.93. The number of imide groups is 1. The van der Waals surface area contributed by atoms with E-state index in [0.29, 0.717) is 32.5 Å². The highest BCUT2D eigenvalue weighted by molar-refractivity contribution is 6.04. The molecule has 1 atom stereocenters. The van der Waals surface area contributed by atoms with Crippen molar-refractivity contribution in [2.24, 2.45) is 0 Å². The van der Waals surface area contributed by atoms with Gasteiger partial charge in [-0.15, -0.1) is 0 Å². The molecule has 1 saturated heterocycles. The minimum atomic E-state index is -0.452. The normalized spacial score (nSPS) is 27.0. The summed E-state index contributed by atoms with van der Waals surface area (Å²) in [5.74, 6) is -0.140. The second kappa shape index (κ2) is 7.10. The molecule has 1 aromatic rings. The summed E-state index contributed by atoms with van der Waals surface area (Å²) in [4.78, 5) is 25.6. The van der Waals surface area contributed by atoms with E-state index in [1.54, 1.807) is 7.11 Å². The van der Waals surface area contributed by atoms with Crippen LogP contribution in [0.5, 0.6) is 0 Å².